The Bertz CT molecular complexity index is 994. The van der Waals surface area contributed by atoms with E-state index >= 15 is 0 Å². The molecule has 3 aromatic carbocycles. The van der Waals surface area contributed by atoms with Gasteiger partial charge in [0.05, 0.1) is 10.7 Å². The van der Waals surface area contributed by atoms with Crippen molar-refractivity contribution in [2.45, 2.75) is 0 Å². The number of rotatable bonds is 2. The Morgan fingerprint density at radius 2 is 1.68 bits per heavy atom. The molecule has 1 amide bonds. The lowest BCUT2D eigenvalue weighted by Gasteiger charge is -2.12. The Labute approximate surface area is 168 Å². The Hall–Kier alpha value is -1.66. The Balaban J connectivity index is 1.80. The standard InChI is InChI=1S/C18H11BrCl2N2OS/c19-10-7-8-16(15(21)9-10)22-18(25)23-17(24)13-5-1-4-12-11(13)3-2-6-14(12)20/h1-9H,(H2,22,23,24,25). The molecule has 0 fully saturated rings. The highest BCUT2D eigenvalue weighted by atomic mass is 79.9. The average Bonchev–Trinajstić information content (AvgIpc) is 2.57. The third kappa shape index (κ3) is 4.12. The van der Waals surface area contributed by atoms with Gasteiger partial charge in [0, 0.05) is 20.4 Å². The fraction of sp³-hybridized carbons (Fsp3) is 0. The Morgan fingerprint density at radius 3 is 2.44 bits per heavy atom. The number of benzene rings is 3. The molecule has 0 radical (unpaired) electrons. The van der Waals surface area contributed by atoms with E-state index in [1.165, 1.54) is 0 Å². The molecule has 0 unspecified atom stereocenters. The molecule has 0 aromatic heterocycles. The minimum absolute atomic E-state index is 0.160. The first-order valence-electron chi connectivity index (χ1n) is 7.20. The molecule has 2 N–H and O–H groups in total. The van der Waals surface area contributed by atoms with E-state index in [1.807, 2.05) is 18.2 Å². The Kier molecular flexibility index (Phi) is 5.59. The van der Waals surface area contributed by atoms with Crippen LogP contribution < -0.4 is 10.6 Å². The van der Waals surface area contributed by atoms with E-state index in [2.05, 4.69) is 26.6 Å². The second-order valence-electron chi connectivity index (χ2n) is 5.17. The number of anilines is 1. The van der Waals surface area contributed by atoms with Crippen LogP contribution in [0.4, 0.5) is 5.69 Å². The predicted octanol–water partition coefficient (Wildman–Crippen LogP) is 6.04. The molecule has 0 bridgehead atoms. The zero-order valence-electron chi connectivity index (χ0n) is 12.6. The number of thiocarbonyl (C=S) groups is 1. The Morgan fingerprint density at radius 1 is 0.960 bits per heavy atom. The van der Waals surface area contributed by atoms with Crippen LogP contribution >= 0.6 is 51.3 Å². The van der Waals surface area contributed by atoms with Gasteiger partial charge in [0.2, 0.25) is 0 Å². The lowest BCUT2D eigenvalue weighted by molar-refractivity contribution is 0.0979. The fourth-order valence-corrected chi connectivity index (χ4v) is 3.55. The van der Waals surface area contributed by atoms with Gasteiger partial charge in [-0.3, -0.25) is 10.1 Å². The number of hydrogen-bond donors (Lipinski definition) is 2. The first kappa shape index (κ1) is 18.1. The van der Waals surface area contributed by atoms with Gasteiger partial charge in [0.25, 0.3) is 5.91 Å². The van der Waals surface area contributed by atoms with E-state index in [0.717, 1.165) is 15.2 Å². The lowest BCUT2D eigenvalue weighted by atomic mass is 10.0. The monoisotopic (exact) mass is 452 g/mol. The summed E-state index contributed by atoms with van der Waals surface area (Å²) in [6.45, 7) is 0. The van der Waals surface area contributed by atoms with Gasteiger partial charge < -0.3 is 5.32 Å². The smallest absolute Gasteiger partial charge is 0.258 e. The number of carbonyl (C=O) groups is 1. The summed E-state index contributed by atoms with van der Waals surface area (Å²) in [5.41, 5.74) is 1.10. The normalized spacial score (nSPS) is 10.5. The van der Waals surface area contributed by atoms with Crippen LogP contribution in [0.2, 0.25) is 10.0 Å². The third-order valence-corrected chi connectivity index (χ3v) is 4.86. The van der Waals surface area contributed by atoms with Crippen molar-refractivity contribution in [1.29, 1.82) is 0 Å². The summed E-state index contributed by atoms with van der Waals surface area (Å²) >= 11 is 20.9. The summed E-state index contributed by atoms with van der Waals surface area (Å²) < 4.78 is 0.852. The van der Waals surface area contributed by atoms with Crippen LogP contribution in [0.5, 0.6) is 0 Å². The summed E-state index contributed by atoms with van der Waals surface area (Å²) in [5.74, 6) is -0.321. The topological polar surface area (TPSA) is 41.1 Å². The highest BCUT2D eigenvalue weighted by Gasteiger charge is 2.13. The molecule has 25 heavy (non-hydrogen) atoms. The van der Waals surface area contributed by atoms with Crippen LogP contribution in [0.25, 0.3) is 10.8 Å². The molecule has 0 saturated heterocycles. The highest BCUT2D eigenvalue weighted by molar-refractivity contribution is 9.10. The van der Waals surface area contributed by atoms with E-state index in [9.17, 15) is 4.79 Å². The van der Waals surface area contributed by atoms with Crippen LogP contribution in [0.15, 0.2) is 59.1 Å². The zero-order valence-corrected chi connectivity index (χ0v) is 16.6. The number of halogens is 3. The third-order valence-electron chi connectivity index (χ3n) is 3.52. The van der Waals surface area contributed by atoms with Gasteiger partial charge in [-0.15, -0.1) is 0 Å². The van der Waals surface area contributed by atoms with Gasteiger partial charge in [-0.1, -0.05) is 63.4 Å². The van der Waals surface area contributed by atoms with E-state index in [4.69, 9.17) is 35.4 Å². The summed E-state index contributed by atoms with van der Waals surface area (Å²) in [6, 6.07) is 16.1. The van der Waals surface area contributed by atoms with Gasteiger partial charge in [0.15, 0.2) is 5.11 Å². The van der Waals surface area contributed by atoms with Crippen LogP contribution in [-0.2, 0) is 0 Å². The highest BCUT2D eigenvalue weighted by Crippen LogP contribution is 2.27. The summed E-state index contributed by atoms with van der Waals surface area (Å²) in [6.07, 6.45) is 0. The summed E-state index contributed by atoms with van der Waals surface area (Å²) in [4.78, 5) is 12.6. The molecule has 3 rings (SSSR count). The van der Waals surface area contributed by atoms with Crippen LogP contribution in [0.3, 0.4) is 0 Å². The largest absolute Gasteiger partial charge is 0.331 e. The molecule has 0 aliphatic rings. The average molecular weight is 454 g/mol. The molecule has 126 valence electrons. The van der Waals surface area contributed by atoms with E-state index in [0.29, 0.717) is 21.3 Å². The predicted molar refractivity (Wildman–Crippen MR) is 112 cm³/mol. The molecule has 0 aliphatic carbocycles. The van der Waals surface area contributed by atoms with Crippen LogP contribution in [0.1, 0.15) is 10.4 Å². The number of carbonyl (C=O) groups excluding carboxylic acids is 1. The second kappa shape index (κ2) is 7.70. The fourth-order valence-electron chi connectivity index (χ4n) is 2.38. The SMILES string of the molecule is O=C(NC(=S)Nc1ccc(Br)cc1Cl)c1cccc2c(Cl)cccc12. The van der Waals surface area contributed by atoms with Crippen LogP contribution in [0, 0.1) is 0 Å². The van der Waals surface area contributed by atoms with Crippen molar-refractivity contribution in [3.63, 3.8) is 0 Å². The van der Waals surface area contributed by atoms with E-state index in [1.54, 1.807) is 36.4 Å². The first-order valence-corrected chi connectivity index (χ1v) is 9.16. The van der Waals surface area contributed by atoms with Gasteiger partial charge in [-0.2, -0.15) is 0 Å². The van der Waals surface area contributed by atoms with E-state index in [-0.39, 0.29) is 11.0 Å². The molecular formula is C18H11BrCl2N2OS. The first-order chi connectivity index (χ1) is 12.0. The van der Waals surface area contributed by atoms with Crippen molar-refractivity contribution in [2.24, 2.45) is 0 Å². The molecule has 3 aromatic rings. The minimum Gasteiger partial charge on any atom is -0.331 e. The number of hydrogen-bond acceptors (Lipinski definition) is 2. The second-order valence-corrected chi connectivity index (χ2v) is 7.31. The molecule has 0 atom stereocenters. The van der Waals surface area contributed by atoms with Crippen molar-refractivity contribution >= 4 is 78.8 Å². The molecule has 0 heterocycles. The van der Waals surface area contributed by atoms with Gasteiger partial charge in [-0.05, 0) is 47.9 Å². The molecule has 0 spiro atoms. The number of nitrogens with one attached hydrogen (secondary N) is 2. The van der Waals surface area contributed by atoms with Crippen molar-refractivity contribution < 1.29 is 4.79 Å². The van der Waals surface area contributed by atoms with Crippen molar-refractivity contribution in [1.82, 2.24) is 5.32 Å². The van der Waals surface area contributed by atoms with Crippen LogP contribution in [-0.4, -0.2) is 11.0 Å². The van der Waals surface area contributed by atoms with Gasteiger partial charge in [-0.25, -0.2) is 0 Å². The zero-order chi connectivity index (χ0) is 18.0. The molecule has 7 heteroatoms. The molecule has 0 saturated carbocycles. The summed E-state index contributed by atoms with van der Waals surface area (Å²) in [7, 11) is 0. The number of amides is 1. The molecule has 3 nitrogen and oxygen atoms in total. The molecular weight excluding hydrogens is 443 g/mol. The van der Waals surface area contributed by atoms with Crippen molar-refractivity contribution in [2.75, 3.05) is 5.32 Å². The maximum Gasteiger partial charge on any atom is 0.258 e. The summed E-state index contributed by atoms with van der Waals surface area (Å²) in [5, 5.41) is 8.40. The van der Waals surface area contributed by atoms with Gasteiger partial charge >= 0.3 is 0 Å². The minimum atomic E-state index is -0.321. The number of fused-ring (bicyclic) bond motifs is 1. The van der Waals surface area contributed by atoms with Gasteiger partial charge in [0.1, 0.15) is 0 Å². The maximum atomic E-state index is 12.6. The van der Waals surface area contributed by atoms with E-state index < -0.39 is 0 Å². The maximum absolute atomic E-state index is 12.6. The van der Waals surface area contributed by atoms with Crippen molar-refractivity contribution in [3.05, 3.63) is 74.7 Å². The molecule has 0 aliphatic heterocycles. The lowest BCUT2D eigenvalue weighted by Crippen LogP contribution is -2.34. The quantitative estimate of drug-likeness (QED) is 0.465. The van der Waals surface area contributed by atoms with Crippen molar-refractivity contribution in [3.8, 4) is 0 Å².